The zero-order valence-corrected chi connectivity index (χ0v) is 24.1. The number of aliphatic carboxylic acids is 1. The molecule has 0 atom stereocenters. The molecule has 0 unspecified atom stereocenters. The average Bonchev–Trinajstić information content (AvgIpc) is 2.95. The fourth-order valence-electron chi connectivity index (χ4n) is 6.08. The number of halogens is 1. The van der Waals surface area contributed by atoms with Crippen molar-refractivity contribution in [2.24, 2.45) is 5.41 Å². The number of hydrogen-bond acceptors (Lipinski definition) is 8. The number of nitrogens with two attached hydrogens (primary N) is 1. The number of carbonyl (C=O) groups is 1. The highest BCUT2D eigenvalue weighted by molar-refractivity contribution is 6.30. The summed E-state index contributed by atoms with van der Waals surface area (Å²) in [4.78, 5) is 25.4. The van der Waals surface area contributed by atoms with E-state index in [1.165, 1.54) is 5.56 Å². The number of carboxylic acids is 1. The fourth-order valence-corrected chi connectivity index (χ4v) is 6.20. The molecule has 1 aliphatic heterocycles. The topological polar surface area (TPSA) is 114 Å². The van der Waals surface area contributed by atoms with Gasteiger partial charge in [0.1, 0.15) is 18.2 Å². The van der Waals surface area contributed by atoms with Crippen molar-refractivity contribution in [3.63, 3.8) is 0 Å². The minimum atomic E-state index is -0.728. The highest BCUT2D eigenvalue weighted by atomic mass is 35.5. The average molecular weight is 578 g/mol. The molecular formula is C31H36ClN5O4. The maximum atomic E-state index is 11.3. The maximum Gasteiger partial charge on any atom is 0.309 e. The molecule has 2 heterocycles. The van der Waals surface area contributed by atoms with Crippen LogP contribution < -0.4 is 15.4 Å². The molecule has 2 aromatic carbocycles. The van der Waals surface area contributed by atoms with Gasteiger partial charge in [-0.2, -0.15) is 4.98 Å². The zero-order chi connectivity index (χ0) is 28.6. The second-order valence-corrected chi connectivity index (χ2v) is 12.0. The smallest absolute Gasteiger partial charge is 0.309 e. The SMILES string of the molecule is C[C@]1(C(=O)O)C[C@H](OCCN2CCN(c3nc(N)nc4c3CCc3cc(OCc5ccc(Cl)cc5)ccc3-4)CC2)C1. The van der Waals surface area contributed by atoms with E-state index >= 15 is 0 Å². The normalized spacial score (nSPS) is 22.0. The van der Waals surface area contributed by atoms with Crippen molar-refractivity contribution in [2.45, 2.75) is 45.3 Å². The number of aryl methyl sites for hydroxylation is 1. The van der Waals surface area contributed by atoms with Crippen molar-refractivity contribution in [1.82, 2.24) is 14.9 Å². The molecule has 0 radical (unpaired) electrons. The Labute approximate surface area is 245 Å². The Hall–Kier alpha value is -3.40. The molecule has 0 amide bonds. The summed E-state index contributed by atoms with van der Waals surface area (Å²) in [5.74, 6) is 1.34. The standard InChI is InChI=1S/C31H36ClN5O4/c1-31(29(38)39)17-24(18-31)40-15-14-36-10-12-37(13-11-36)28-26-8-4-21-16-23(41-19-20-2-5-22(32)6-3-20)7-9-25(21)27(26)34-30(33)35-28/h2-3,5-7,9,16,24H,4,8,10-15,17-19H2,1H3,(H,38,39)(H2,33,34,35)/t24-,31-. The first-order chi connectivity index (χ1) is 19.8. The number of benzene rings is 2. The van der Waals surface area contributed by atoms with E-state index < -0.39 is 11.4 Å². The van der Waals surface area contributed by atoms with Crippen molar-refractivity contribution >= 4 is 29.3 Å². The molecule has 3 N–H and O–H groups in total. The first kappa shape index (κ1) is 27.8. The van der Waals surface area contributed by atoms with Crippen molar-refractivity contribution in [1.29, 1.82) is 0 Å². The molecule has 1 saturated heterocycles. The number of hydrogen-bond donors (Lipinski definition) is 2. The first-order valence-corrected chi connectivity index (χ1v) is 14.6. The number of aromatic nitrogens is 2. The lowest BCUT2D eigenvalue weighted by Gasteiger charge is -2.42. The second kappa shape index (κ2) is 11.5. The number of rotatable bonds is 9. The van der Waals surface area contributed by atoms with Crippen molar-refractivity contribution < 1.29 is 19.4 Å². The van der Waals surface area contributed by atoms with Crippen LogP contribution in [0.5, 0.6) is 5.75 Å². The van der Waals surface area contributed by atoms with Crippen LogP contribution >= 0.6 is 11.6 Å². The van der Waals surface area contributed by atoms with E-state index in [-0.39, 0.29) is 6.10 Å². The van der Waals surface area contributed by atoms with Gasteiger partial charge in [0.25, 0.3) is 0 Å². The predicted molar refractivity (Wildman–Crippen MR) is 158 cm³/mol. The van der Waals surface area contributed by atoms with Crippen LogP contribution in [0.15, 0.2) is 42.5 Å². The van der Waals surface area contributed by atoms with Gasteiger partial charge in [-0.05, 0) is 74.1 Å². The summed E-state index contributed by atoms with van der Waals surface area (Å²) in [6, 6.07) is 13.9. The van der Waals surface area contributed by atoms with Gasteiger partial charge in [0.05, 0.1) is 23.8 Å². The van der Waals surface area contributed by atoms with Crippen molar-refractivity contribution in [2.75, 3.05) is 50.0 Å². The molecule has 2 fully saturated rings. The van der Waals surface area contributed by atoms with Crippen LogP contribution in [0, 0.1) is 5.41 Å². The number of fused-ring (bicyclic) bond motifs is 3. The third-order valence-electron chi connectivity index (χ3n) is 8.60. The molecule has 3 aromatic rings. The lowest BCUT2D eigenvalue weighted by Crippen LogP contribution is -2.49. The highest BCUT2D eigenvalue weighted by Gasteiger charge is 2.47. The van der Waals surface area contributed by atoms with Gasteiger partial charge >= 0.3 is 5.97 Å². The Kier molecular flexibility index (Phi) is 7.76. The molecule has 41 heavy (non-hydrogen) atoms. The number of ether oxygens (including phenoxy) is 2. The molecule has 3 aliphatic rings. The molecule has 0 spiro atoms. The summed E-state index contributed by atoms with van der Waals surface area (Å²) in [7, 11) is 0. The van der Waals surface area contributed by atoms with Crippen LogP contribution in [0.3, 0.4) is 0 Å². The predicted octanol–water partition coefficient (Wildman–Crippen LogP) is 4.45. The van der Waals surface area contributed by atoms with Gasteiger partial charge in [-0.25, -0.2) is 4.98 Å². The van der Waals surface area contributed by atoms with Gasteiger partial charge in [-0.3, -0.25) is 9.69 Å². The quantitative estimate of drug-likeness (QED) is 0.381. The van der Waals surface area contributed by atoms with Crippen LogP contribution in [0.2, 0.25) is 5.02 Å². The largest absolute Gasteiger partial charge is 0.489 e. The molecule has 216 valence electrons. The van der Waals surface area contributed by atoms with Gasteiger partial charge in [0.15, 0.2) is 0 Å². The van der Waals surface area contributed by atoms with Gasteiger partial charge in [0, 0.05) is 48.9 Å². The molecule has 0 bridgehead atoms. The second-order valence-electron chi connectivity index (χ2n) is 11.6. The van der Waals surface area contributed by atoms with E-state index in [1.54, 1.807) is 6.92 Å². The number of anilines is 2. The van der Waals surface area contributed by atoms with Crippen LogP contribution in [0.25, 0.3) is 11.3 Å². The minimum absolute atomic E-state index is 0.0573. The van der Waals surface area contributed by atoms with E-state index in [4.69, 9.17) is 31.8 Å². The lowest BCUT2D eigenvalue weighted by atomic mass is 9.68. The fraction of sp³-hybridized carbons (Fsp3) is 0.452. The molecule has 10 heteroatoms. The Morgan fingerprint density at radius 1 is 1.10 bits per heavy atom. The number of nitrogens with zero attached hydrogens (tertiary/aromatic N) is 4. The van der Waals surface area contributed by atoms with E-state index in [2.05, 4.69) is 26.9 Å². The van der Waals surface area contributed by atoms with Crippen LogP contribution in [-0.4, -0.2) is 71.4 Å². The van der Waals surface area contributed by atoms with Crippen LogP contribution in [0.4, 0.5) is 11.8 Å². The molecular weight excluding hydrogens is 542 g/mol. The minimum Gasteiger partial charge on any atom is -0.489 e. The molecule has 2 aliphatic carbocycles. The summed E-state index contributed by atoms with van der Waals surface area (Å²) in [6.07, 6.45) is 2.99. The van der Waals surface area contributed by atoms with Crippen LogP contribution in [0.1, 0.15) is 36.5 Å². The molecule has 1 aromatic heterocycles. The summed E-state index contributed by atoms with van der Waals surface area (Å²) in [5, 5.41) is 9.99. The number of nitrogen functional groups attached to an aromatic ring is 1. The van der Waals surface area contributed by atoms with Gasteiger partial charge in [-0.15, -0.1) is 0 Å². The van der Waals surface area contributed by atoms with E-state index in [9.17, 15) is 9.90 Å². The zero-order valence-electron chi connectivity index (χ0n) is 23.3. The van der Waals surface area contributed by atoms with Crippen molar-refractivity contribution in [3.05, 3.63) is 64.2 Å². The maximum absolute atomic E-state index is 11.3. The van der Waals surface area contributed by atoms with Gasteiger partial charge in [0.2, 0.25) is 5.95 Å². The summed E-state index contributed by atoms with van der Waals surface area (Å²) in [5.41, 5.74) is 11.0. The number of carboxylic acid groups (broad SMARTS) is 1. The molecule has 1 saturated carbocycles. The number of piperazine rings is 1. The van der Waals surface area contributed by atoms with E-state index in [0.29, 0.717) is 37.0 Å². The highest BCUT2D eigenvalue weighted by Crippen LogP contribution is 2.42. The third-order valence-corrected chi connectivity index (χ3v) is 8.86. The Balaban J connectivity index is 1.06. The first-order valence-electron chi connectivity index (χ1n) is 14.3. The Morgan fingerprint density at radius 3 is 2.59 bits per heavy atom. The van der Waals surface area contributed by atoms with Crippen LogP contribution in [-0.2, 0) is 29.0 Å². The third kappa shape index (κ3) is 5.98. The van der Waals surface area contributed by atoms with Gasteiger partial charge in [-0.1, -0.05) is 23.7 Å². The lowest BCUT2D eigenvalue weighted by molar-refractivity contribution is -0.165. The summed E-state index contributed by atoms with van der Waals surface area (Å²) < 4.78 is 12.0. The Bertz CT molecular complexity index is 1420. The monoisotopic (exact) mass is 577 g/mol. The van der Waals surface area contributed by atoms with Crippen molar-refractivity contribution in [3.8, 4) is 17.0 Å². The van der Waals surface area contributed by atoms with E-state index in [1.807, 2.05) is 30.3 Å². The molecule has 6 rings (SSSR count). The van der Waals surface area contributed by atoms with E-state index in [0.717, 1.165) is 79.5 Å². The summed E-state index contributed by atoms with van der Waals surface area (Å²) >= 11 is 5.99. The Morgan fingerprint density at radius 2 is 1.85 bits per heavy atom. The van der Waals surface area contributed by atoms with Gasteiger partial charge < -0.3 is 25.2 Å². The summed E-state index contributed by atoms with van der Waals surface area (Å²) in [6.45, 7) is 7.26. The molecule has 9 nitrogen and oxygen atoms in total.